The van der Waals surface area contributed by atoms with E-state index in [2.05, 4.69) is 29.3 Å². The molecule has 0 saturated carbocycles. The summed E-state index contributed by atoms with van der Waals surface area (Å²) in [7, 11) is 1.55. The van der Waals surface area contributed by atoms with Crippen molar-refractivity contribution in [3.05, 3.63) is 48.3 Å². The molecule has 0 aromatic heterocycles. The van der Waals surface area contributed by atoms with E-state index in [1.165, 1.54) is 10.5 Å². The van der Waals surface area contributed by atoms with E-state index in [0.29, 0.717) is 12.4 Å². The minimum atomic E-state index is -0.317. The number of nitrogens with two attached hydrogens (primary N) is 1. The van der Waals surface area contributed by atoms with Gasteiger partial charge in [0.15, 0.2) is 0 Å². The fourth-order valence-corrected chi connectivity index (χ4v) is 3.15. The van der Waals surface area contributed by atoms with Crippen LogP contribution in [0.3, 0.4) is 0 Å². The second-order valence-corrected chi connectivity index (χ2v) is 6.06. The molecule has 0 aliphatic carbocycles. The summed E-state index contributed by atoms with van der Waals surface area (Å²) in [6.07, 6.45) is 3.19. The molecule has 2 atom stereocenters. The Labute approximate surface area is 143 Å². The van der Waals surface area contributed by atoms with E-state index in [4.69, 9.17) is 5.73 Å². The van der Waals surface area contributed by atoms with Gasteiger partial charge in [-0.1, -0.05) is 36.9 Å². The largest absolute Gasteiger partial charge is 0.386 e. The third-order valence-corrected chi connectivity index (χ3v) is 4.40. The second-order valence-electron chi connectivity index (χ2n) is 6.06. The van der Waals surface area contributed by atoms with Crippen LogP contribution < -0.4 is 16.4 Å². The highest BCUT2D eigenvalue weighted by Crippen LogP contribution is 2.33. The molecule has 6 nitrogen and oxygen atoms in total. The highest BCUT2D eigenvalue weighted by atomic mass is 16.2. The van der Waals surface area contributed by atoms with Crippen LogP contribution in [0.25, 0.3) is 0 Å². The Balaban J connectivity index is 1.93. The van der Waals surface area contributed by atoms with Gasteiger partial charge in [0.2, 0.25) is 5.91 Å². The molecule has 0 bridgehead atoms. The van der Waals surface area contributed by atoms with Crippen LogP contribution >= 0.6 is 0 Å². The standard InChI is InChI=1S/C18H26N4O2/c1-13(19)21-12-6-9-15-16(22(17(15)23)18(24)20-2)11-10-14-7-4-3-5-8-14/h3-5,7-8,15-16,21H,1,6,9-12,19H2,2H3,(H,20,24). The molecule has 24 heavy (non-hydrogen) atoms. The molecule has 0 radical (unpaired) electrons. The summed E-state index contributed by atoms with van der Waals surface area (Å²) < 4.78 is 0. The normalized spacial score (nSPS) is 19.5. The van der Waals surface area contributed by atoms with Crippen molar-refractivity contribution in [1.29, 1.82) is 0 Å². The molecule has 2 unspecified atom stereocenters. The maximum Gasteiger partial charge on any atom is 0.324 e. The SMILES string of the molecule is C=C(N)NCCCC1C(=O)N(C(=O)NC)C1CCc1ccccc1. The fourth-order valence-electron chi connectivity index (χ4n) is 3.15. The van der Waals surface area contributed by atoms with Gasteiger partial charge in [0, 0.05) is 13.6 Å². The molecule has 0 spiro atoms. The predicted molar refractivity (Wildman–Crippen MR) is 93.9 cm³/mol. The Morgan fingerprint density at radius 1 is 1.29 bits per heavy atom. The van der Waals surface area contributed by atoms with Gasteiger partial charge in [-0.2, -0.15) is 0 Å². The molecule has 3 amide bonds. The third-order valence-electron chi connectivity index (χ3n) is 4.40. The van der Waals surface area contributed by atoms with Gasteiger partial charge in [-0.25, -0.2) is 4.79 Å². The highest BCUT2D eigenvalue weighted by Gasteiger charge is 2.49. The van der Waals surface area contributed by atoms with Crippen LogP contribution in [-0.2, 0) is 11.2 Å². The van der Waals surface area contributed by atoms with Gasteiger partial charge < -0.3 is 16.4 Å². The summed E-state index contributed by atoms with van der Waals surface area (Å²) in [5.41, 5.74) is 6.68. The summed E-state index contributed by atoms with van der Waals surface area (Å²) in [5, 5.41) is 5.51. The Morgan fingerprint density at radius 3 is 2.62 bits per heavy atom. The van der Waals surface area contributed by atoms with Crippen molar-refractivity contribution in [1.82, 2.24) is 15.5 Å². The Kier molecular flexibility index (Phi) is 6.23. The van der Waals surface area contributed by atoms with Crippen molar-refractivity contribution in [3.8, 4) is 0 Å². The number of carbonyl (C=O) groups is 2. The predicted octanol–water partition coefficient (Wildman–Crippen LogP) is 1.59. The number of hydrogen-bond donors (Lipinski definition) is 3. The van der Waals surface area contributed by atoms with Crippen LogP contribution in [0.15, 0.2) is 42.7 Å². The van der Waals surface area contributed by atoms with Crippen molar-refractivity contribution < 1.29 is 9.59 Å². The average molecular weight is 330 g/mol. The fraction of sp³-hybridized carbons (Fsp3) is 0.444. The zero-order valence-electron chi connectivity index (χ0n) is 14.1. The van der Waals surface area contributed by atoms with E-state index in [0.717, 1.165) is 25.7 Å². The summed E-state index contributed by atoms with van der Waals surface area (Å²) >= 11 is 0. The minimum Gasteiger partial charge on any atom is -0.386 e. The number of carbonyl (C=O) groups excluding carboxylic acids is 2. The first-order valence-corrected chi connectivity index (χ1v) is 8.31. The van der Waals surface area contributed by atoms with Crippen LogP contribution in [-0.4, -0.2) is 36.5 Å². The number of hydrogen-bond acceptors (Lipinski definition) is 4. The van der Waals surface area contributed by atoms with Gasteiger partial charge in [0.1, 0.15) is 0 Å². The van der Waals surface area contributed by atoms with E-state index >= 15 is 0 Å². The van der Waals surface area contributed by atoms with Crippen LogP contribution in [0.2, 0.25) is 0 Å². The summed E-state index contributed by atoms with van der Waals surface area (Å²) in [5.74, 6) is 0.250. The number of nitrogens with zero attached hydrogens (tertiary/aromatic N) is 1. The summed E-state index contributed by atoms with van der Waals surface area (Å²) in [4.78, 5) is 25.6. The van der Waals surface area contributed by atoms with E-state index < -0.39 is 0 Å². The molecule has 1 fully saturated rings. The molecule has 4 N–H and O–H groups in total. The first-order valence-electron chi connectivity index (χ1n) is 8.31. The van der Waals surface area contributed by atoms with Gasteiger partial charge in [-0.05, 0) is 31.2 Å². The summed E-state index contributed by atoms with van der Waals surface area (Å²) in [6.45, 7) is 4.27. The monoisotopic (exact) mass is 330 g/mol. The lowest BCUT2D eigenvalue weighted by atomic mass is 9.80. The molecule has 130 valence electrons. The molecule has 1 aromatic carbocycles. The molecule has 1 saturated heterocycles. The molecule has 6 heteroatoms. The lowest BCUT2D eigenvalue weighted by Crippen LogP contribution is -2.65. The molecule has 1 aromatic rings. The lowest BCUT2D eigenvalue weighted by Gasteiger charge is -2.45. The van der Waals surface area contributed by atoms with Crippen LogP contribution in [0.4, 0.5) is 4.79 Å². The van der Waals surface area contributed by atoms with E-state index in [9.17, 15) is 9.59 Å². The van der Waals surface area contributed by atoms with Gasteiger partial charge in [0.05, 0.1) is 17.8 Å². The number of urea groups is 1. The minimum absolute atomic E-state index is 0.0428. The van der Waals surface area contributed by atoms with Crippen LogP contribution in [0.5, 0.6) is 0 Å². The molecular formula is C18H26N4O2. The highest BCUT2D eigenvalue weighted by molar-refractivity contribution is 6.01. The first-order chi connectivity index (χ1) is 11.5. The zero-order chi connectivity index (χ0) is 17.5. The van der Waals surface area contributed by atoms with E-state index in [1.807, 2.05) is 18.2 Å². The topological polar surface area (TPSA) is 87.5 Å². The van der Waals surface area contributed by atoms with Crippen molar-refractivity contribution in [2.75, 3.05) is 13.6 Å². The molecule has 1 heterocycles. The smallest absolute Gasteiger partial charge is 0.324 e. The molecule has 1 aliphatic rings. The number of benzene rings is 1. The summed E-state index contributed by atoms with van der Waals surface area (Å²) in [6, 6.07) is 9.75. The van der Waals surface area contributed by atoms with Gasteiger partial charge in [0.25, 0.3) is 0 Å². The van der Waals surface area contributed by atoms with Gasteiger partial charge in [-0.3, -0.25) is 9.69 Å². The number of aryl methyl sites for hydroxylation is 1. The van der Waals surface area contributed by atoms with Crippen molar-refractivity contribution in [2.45, 2.75) is 31.7 Å². The maximum absolute atomic E-state index is 12.3. The lowest BCUT2D eigenvalue weighted by molar-refractivity contribution is -0.150. The van der Waals surface area contributed by atoms with Crippen molar-refractivity contribution in [2.24, 2.45) is 11.7 Å². The molecule has 2 rings (SSSR count). The van der Waals surface area contributed by atoms with Crippen LogP contribution in [0, 0.1) is 5.92 Å². The van der Waals surface area contributed by atoms with Gasteiger partial charge >= 0.3 is 6.03 Å². The molecular weight excluding hydrogens is 304 g/mol. The molecule has 1 aliphatic heterocycles. The average Bonchev–Trinajstić information content (AvgIpc) is 2.58. The third kappa shape index (κ3) is 4.28. The van der Waals surface area contributed by atoms with Crippen molar-refractivity contribution >= 4 is 11.9 Å². The Bertz CT molecular complexity index is 588. The Morgan fingerprint density at radius 2 is 2.00 bits per heavy atom. The number of nitrogens with one attached hydrogen (secondary N) is 2. The quantitative estimate of drug-likeness (QED) is 0.499. The zero-order valence-corrected chi connectivity index (χ0v) is 14.1. The number of rotatable bonds is 8. The van der Waals surface area contributed by atoms with E-state index in [-0.39, 0.29) is 23.9 Å². The maximum atomic E-state index is 12.3. The number of likely N-dealkylation sites (tertiary alicyclic amines) is 1. The van der Waals surface area contributed by atoms with Gasteiger partial charge in [-0.15, -0.1) is 0 Å². The van der Waals surface area contributed by atoms with E-state index in [1.54, 1.807) is 7.05 Å². The number of β-lactam (4-membered cyclic amide) rings is 1. The Hall–Kier alpha value is -2.50. The number of imide groups is 1. The first kappa shape index (κ1) is 17.8. The van der Waals surface area contributed by atoms with Crippen LogP contribution in [0.1, 0.15) is 24.8 Å². The van der Waals surface area contributed by atoms with Crippen molar-refractivity contribution in [3.63, 3.8) is 0 Å². The second kappa shape index (κ2) is 8.38. The number of amides is 3.